The van der Waals surface area contributed by atoms with Crippen molar-refractivity contribution in [2.45, 2.75) is 32.3 Å². The number of alkyl halides is 3. The Kier molecular flexibility index (Phi) is 4.36. The van der Waals surface area contributed by atoms with E-state index in [9.17, 15) is 26.4 Å². The fourth-order valence-corrected chi connectivity index (χ4v) is 3.00. The van der Waals surface area contributed by atoms with Crippen LogP contribution < -0.4 is 4.72 Å². The molecule has 1 aliphatic heterocycles. The van der Waals surface area contributed by atoms with Gasteiger partial charge < -0.3 is 4.90 Å². The van der Waals surface area contributed by atoms with Crippen molar-refractivity contribution < 1.29 is 26.4 Å². The average Bonchev–Trinajstić information content (AvgIpc) is 2.63. The highest BCUT2D eigenvalue weighted by Gasteiger charge is 2.46. The first kappa shape index (κ1) is 17.6. The van der Waals surface area contributed by atoms with Gasteiger partial charge in [0.05, 0.1) is 0 Å². The zero-order valence-corrected chi connectivity index (χ0v) is 13.5. The molecular formula is C14H17F3N2O3S. The van der Waals surface area contributed by atoms with Crippen LogP contribution in [-0.2, 0) is 21.4 Å². The molecule has 1 heterocycles. The normalized spacial score (nSPS) is 18.3. The molecule has 128 valence electrons. The van der Waals surface area contributed by atoms with E-state index in [0.717, 1.165) is 0 Å². The zero-order chi connectivity index (χ0) is 17.5. The van der Waals surface area contributed by atoms with Gasteiger partial charge in [-0.15, -0.1) is 0 Å². The number of amides is 1. The van der Waals surface area contributed by atoms with Crippen molar-refractivity contribution in [2.75, 3.05) is 11.3 Å². The highest BCUT2D eigenvalue weighted by atomic mass is 32.2. The van der Waals surface area contributed by atoms with E-state index in [2.05, 4.69) is 0 Å². The molecule has 0 radical (unpaired) electrons. The maximum absolute atomic E-state index is 12.3. The third kappa shape index (κ3) is 4.15. The molecule has 0 spiro atoms. The first-order valence-corrected chi connectivity index (χ1v) is 8.34. The second kappa shape index (κ2) is 5.70. The molecule has 0 atom stereocenters. The second-order valence-electron chi connectivity index (χ2n) is 6.34. The predicted molar refractivity (Wildman–Crippen MR) is 78.9 cm³/mol. The molecule has 1 fully saturated rings. The summed E-state index contributed by atoms with van der Waals surface area (Å²) in [6, 6.07) is 5.47. The summed E-state index contributed by atoms with van der Waals surface area (Å²) in [6.45, 7) is 4.92. The van der Waals surface area contributed by atoms with Gasteiger partial charge in [0.1, 0.15) is 0 Å². The quantitative estimate of drug-likeness (QED) is 0.908. The summed E-state index contributed by atoms with van der Waals surface area (Å²) in [4.78, 5) is 13.5. The Bertz CT molecular complexity index is 697. The Labute approximate surface area is 132 Å². The molecule has 23 heavy (non-hydrogen) atoms. The zero-order valence-electron chi connectivity index (χ0n) is 12.6. The van der Waals surface area contributed by atoms with Gasteiger partial charge in [0.25, 0.3) is 0 Å². The van der Waals surface area contributed by atoms with Gasteiger partial charge in [-0.3, -0.25) is 9.52 Å². The van der Waals surface area contributed by atoms with E-state index >= 15 is 0 Å². The lowest BCUT2D eigenvalue weighted by atomic mass is 9.93. The van der Waals surface area contributed by atoms with Gasteiger partial charge in [0.15, 0.2) is 0 Å². The number of hydrogen-bond donors (Lipinski definition) is 1. The van der Waals surface area contributed by atoms with Crippen LogP contribution in [0.3, 0.4) is 0 Å². The maximum Gasteiger partial charge on any atom is 0.516 e. The molecule has 1 amide bonds. The molecule has 1 N–H and O–H groups in total. The topological polar surface area (TPSA) is 66.5 Å². The minimum Gasteiger partial charge on any atom is -0.338 e. The highest BCUT2D eigenvalue weighted by Crippen LogP contribution is 2.31. The second-order valence-corrected chi connectivity index (χ2v) is 8.01. The molecular weight excluding hydrogens is 333 g/mol. The number of hydrogen-bond acceptors (Lipinski definition) is 3. The molecule has 1 aromatic carbocycles. The predicted octanol–water partition coefficient (Wildman–Crippen LogP) is 2.71. The molecule has 1 aromatic rings. The molecule has 2 rings (SSSR count). The van der Waals surface area contributed by atoms with Gasteiger partial charge in [-0.05, 0) is 23.1 Å². The minimum atomic E-state index is -5.42. The Hall–Kier alpha value is -1.77. The van der Waals surface area contributed by atoms with Crippen LogP contribution in [0.1, 0.15) is 25.8 Å². The lowest BCUT2D eigenvalue weighted by Gasteiger charge is -2.19. The molecule has 0 bridgehead atoms. The van der Waals surface area contributed by atoms with E-state index in [4.69, 9.17) is 0 Å². The van der Waals surface area contributed by atoms with Gasteiger partial charge in [-0.25, -0.2) is 0 Å². The van der Waals surface area contributed by atoms with Crippen LogP contribution in [0, 0.1) is 5.41 Å². The number of sulfonamides is 1. The Morgan fingerprint density at radius 2 is 1.78 bits per heavy atom. The molecule has 0 unspecified atom stereocenters. The van der Waals surface area contributed by atoms with Crippen molar-refractivity contribution in [2.24, 2.45) is 5.41 Å². The average molecular weight is 350 g/mol. The van der Waals surface area contributed by atoms with E-state index in [1.807, 2.05) is 13.8 Å². The van der Waals surface area contributed by atoms with Crippen LogP contribution >= 0.6 is 0 Å². The fourth-order valence-electron chi connectivity index (χ4n) is 2.44. The van der Waals surface area contributed by atoms with Crippen molar-refractivity contribution in [1.29, 1.82) is 0 Å². The fraction of sp³-hybridized carbons (Fsp3) is 0.500. The molecule has 0 aliphatic carbocycles. The highest BCUT2D eigenvalue weighted by molar-refractivity contribution is 7.93. The van der Waals surface area contributed by atoms with Crippen LogP contribution in [0.4, 0.5) is 18.9 Å². The lowest BCUT2D eigenvalue weighted by molar-refractivity contribution is -0.128. The van der Waals surface area contributed by atoms with E-state index in [1.54, 1.807) is 4.90 Å². The van der Waals surface area contributed by atoms with E-state index in [-0.39, 0.29) is 17.0 Å². The van der Waals surface area contributed by atoms with E-state index in [0.29, 0.717) is 25.1 Å². The number of carbonyl (C=O) groups excluding carboxylic acids is 1. The summed E-state index contributed by atoms with van der Waals surface area (Å²) >= 11 is 0. The van der Waals surface area contributed by atoms with Crippen LogP contribution in [0.15, 0.2) is 24.3 Å². The summed E-state index contributed by atoms with van der Waals surface area (Å²) in [7, 11) is -5.42. The van der Waals surface area contributed by atoms with Gasteiger partial charge in [0, 0.05) is 25.2 Å². The van der Waals surface area contributed by atoms with Crippen molar-refractivity contribution in [3.63, 3.8) is 0 Å². The molecule has 0 saturated carbocycles. The summed E-state index contributed by atoms with van der Waals surface area (Å²) in [5, 5.41) is 0. The lowest BCUT2D eigenvalue weighted by Crippen LogP contribution is -2.30. The summed E-state index contributed by atoms with van der Waals surface area (Å²) in [6.07, 6.45) is 0.455. The minimum absolute atomic E-state index is 0.0249. The number of nitrogens with zero attached hydrogens (tertiary/aromatic N) is 1. The SMILES string of the molecule is CC1(C)CC(=O)N(Cc2ccc(NS(=O)(=O)C(F)(F)F)cc2)C1. The Morgan fingerprint density at radius 1 is 1.22 bits per heavy atom. The molecule has 9 heteroatoms. The van der Waals surface area contributed by atoms with Crippen LogP contribution in [0.25, 0.3) is 0 Å². The first-order chi connectivity index (χ1) is 10.4. The van der Waals surface area contributed by atoms with Crippen molar-refractivity contribution in [1.82, 2.24) is 4.90 Å². The number of anilines is 1. The van der Waals surface area contributed by atoms with Crippen LogP contribution in [0.5, 0.6) is 0 Å². The van der Waals surface area contributed by atoms with E-state index < -0.39 is 15.5 Å². The number of likely N-dealkylation sites (tertiary alicyclic amines) is 1. The van der Waals surface area contributed by atoms with Gasteiger partial charge in [0.2, 0.25) is 5.91 Å². The molecule has 1 saturated heterocycles. The standard InChI is InChI=1S/C14H17F3N2O3S/c1-13(2)7-12(20)19(9-13)8-10-3-5-11(6-4-10)18-23(21,22)14(15,16)17/h3-6,18H,7-9H2,1-2H3. The van der Waals surface area contributed by atoms with Crippen molar-refractivity contribution in [3.8, 4) is 0 Å². The van der Waals surface area contributed by atoms with Crippen LogP contribution in [-0.4, -0.2) is 31.3 Å². The van der Waals surface area contributed by atoms with Gasteiger partial charge in [-0.1, -0.05) is 26.0 Å². The van der Waals surface area contributed by atoms with Crippen LogP contribution in [0.2, 0.25) is 0 Å². The Morgan fingerprint density at radius 3 is 2.22 bits per heavy atom. The number of carbonyl (C=O) groups is 1. The molecule has 0 aromatic heterocycles. The number of rotatable bonds is 4. The number of benzene rings is 1. The number of nitrogens with one attached hydrogen (secondary N) is 1. The Balaban J connectivity index is 2.05. The van der Waals surface area contributed by atoms with E-state index in [1.165, 1.54) is 29.0 Å². The number of halogens is 3. The van der Waals surface area contributed by atoms with Crippen molar-refractivity contribution >= 4 is 21.6 Å². The van der Waals surface area contributed by atoms with Crippen molar-refractivity contribution in [3.05, 3.63) is 29.8 Å². The third-order valence-corrected chi connectivity index (χ3v) is 4.60. The monoisotopic (exact) mass is 350 g/mol. The van der Waals surface area contributed by atoms with Gasteiger partial charge in [-0.2, -0.15) is 21.6 Å². The summed E-state index contributed by atoms with van der Waals surface area (Å²) in [5.41, 5.74) is -4.93. The third-order valence-electron chi connectivity index (χ3n) is 3.49. The summed E-state index contributed by atoms with van der Waals surface area (Å²) < 4.78 is 60.4. The maximum atomic E-state index is 12.3. The first-order valence-electron chi connectivity index (χ1n) is 6.85. The molecule has 1 aliphatic rings. The summed E-state index contributed by atoms with van der Waals surface area (Å²) in [5.74, 6) is 0.0249. The smallest absolute Gasteiger partial charge is 0.338 e. The van der Waals surface area contributed by atoms with Gasteiger partial charge >= 0.3 is 15.5 Å². The largest absolute Gasteiger partial charge is 0.516 e. The molecule has 5 nitrogen and oxygen atoms in total.